The van der Waals surface area contributed by atoms with Gasteiger partial charge in [0.25, 0.3) is 0 Å². The van der Waals surface area contributed by atoms with Crippen molar-refractivity contribution in [1.82, 2.24) is 4.90 Å². The molecule has 3 rings (SSSR count). The Labute approximate surface area is 200 Å². The lowest BCUT2D eigenvalue weighted by atomic mass is 9.79. The Hall–Kier alpha value is -1.79. The third-order valence-corrected chi connectivity index (χ3v) is 5.15. The predicted molar refractivity (Wildman–Crippen MR) is 118 cm³/mol. The van der Waals surface area contributed by atoms with Gasteiger partial charge in [-0.25, -0.2) is 0 Å². The van der Waals surface area contributed by atoms with Crippen molar-refractivity contribution in [2.45, 2.75) is 65.0 Å². The van der Waals surface area contributed by atoms with Crippen molar-refractivity contribution in [2.75, 3.05) is 27.2 Å². The van der Waals surface area contributed by atoms with Crippen LogP contribution in [0.5, 0.6) is 11.5 Å². The number of ether oxygens (including phenoxy) is 3. The maximum Gasteiger partial charge on any atom is 0.323 e. The Morgan fingerprint density at radius 2 is 2.20 bits per heavy atom. The van der Waals surface area contributed by atoms with E-state index < -0.39 is 75.0 Å². The highest BCUT2D eigenvalue weighted by Crippen LogP contribution is 2.44. The number of hydrogen-bond donors (Lipinski definition) is 1. The van der Waals surface area contributed by atoms with E-state index in [2.05, 4.69) is 0 Å². The van der Waals surface area contributed by atoms with Crippen LogP contribution >= 0.6 is 0 Å². The number of carbonyl (C=O) groups excluding carboxylic acids is 1. The molecule has 0 aliphatic carbocycles. The number of fused-ring (bicyclic) bond motifs is 3. The largest absolute Gasteiger partial charge is 0.493 e. The topological polar surface area (TPSA) is 74.0 Å². The molecule has 0 saturated carbocycles. The van der Waals surface area contributed by atoms with E-state index in [4.69, 9.17) is 35.0 Å². The third-order valence-electron chi connectivity index (χ3n) is 5.15. The van der Waals surface area contributed by atoms with Crippen molar-refractivity contribution in [3.8, 4) is 11.5 Å². The molecule has 0 aromatic heterocycles. The van der Waals surface area contributed by atoms with Crippen molar-refractivity contribution in [3.63, 3.8) is 0 Å². The highest BCUT2D eigenvalue weighted by atomic mass is 16.5. The van der Waals surface area contributed by atoms with Crippen LogP contribution in [0.3, 0.4) is 0 Å². The number of nitrogens with zero attached hydrogens (tertiary/aromatic N) is 1. The molecule has 6 heteroatoms. The van der Waals surface area contributed by atoms with Gasteiger partial charge in [-0.1, -0.05) is 27.6 Å². The molecule has 6 nitrogen and oxygen atoms in total. The summed E-state index contributed by atoms with van der Waals surface area (Å²) in [6.45, 7) is -3.29. The van der Waals surface area contributed by atoms with Crippen LogP contribution in [0, 0.1) is 17.7 Å². The molecule has 1 fully saturated rings. The maximum atomic E-state index is 13.2. The summed E-state index contributed by atoms with van der Waals surface area (Å²) in [6.07, 6.45) is -9.40. The van der Waals surface area contributed by atoms with E-state index in [-0.39, 0.29) is 30.0 Å². The fraction of sp³-hybridized carbons (Fsp3) is 0.708. The Morgan fingerprint density at radius 3 is 2.87 bits per heavy atom. The molecule has 2 N–H and O–H groups in total. The van der Waals surface area contributed by atoms with Crippen LogP contribution in [0.2, 0.25) is 0 Å². The molecule has 2 aliphatic heterocycles. The van der Waals surface area contributed by atoms with Crippen LogP contribution < -0.4 is 15.2 Å². The summed E-state index contributed by atoms with van der Waals surface area (Å²) in [4.78, 5) is 14.0. The summed E-state index contributed by atoms with van der Waals surface area (Å²) in [6, 6.07) is -0.545. The molecule has 30 heavy (non-hydrogen) atoms. The second-order valence-electron chi connectivity index (χ2n) is 7.68. The first-order chi connectivity index (χ1) is 19.6. The molecule has 0 amide bonds. The van der Waals surface area contributed by atoms with Gasteiger partial charge in [0.1, 0.15) is 12.1 Å². The summed E-state index contributed by atoms with van der Waals surface area (Å²) < 4.78 is 134. The summed E-state index contributed by atoms with van der Waals surface area (Å²) in [5.41, 5.74) is 6.32. The minimum absolute atomic E-state index is 0.0536. The number of rotatable bonds is 7. The number of esters is 1. The lowest BCUT2D eigenvalue weighted by Gasteiger charge is -2.47. The van der Waals surface area contributed by atoms with Crippen LogP contribution in [-0.4, -0.2) is 50.2 Å². The minimum Gasteiger partial charge on any atom is -0.493 e. The zero-order valence-corrected chi connectivity index (χ0v) is 17.5. The molecular weight excluding hydrogens is 380 g/mol. The highest BCUT2D eigenvalue weighted by molar-refractivity contribution is 5.76. The van der Waals surface area contributed by atoms with Gasteiger partial charge in [-0.15, -0.1) is 0 Å². The average Bonchev–Trinajstić information content (AvgIpc) is 2.86. The molecule has 5 atom stereocenters. The second kappa shape index (κ2) is 9.56. The van der Waals surface area contributed by atoms with Crippen molar-refractivity contribution in [1.29, 1.82) is 0 Å². The third kappa shape index (κ3) is 4.75. The molecule has 2 aliphatic rings. The number of methoxy groups -OCH3 is 2. The SMILES string of the molecule is [2H]C([2H])([2H])Oc1cc2c(cc1OC)C1N(CC2)C([2H])([2H])C([2H])(C([2H])([2H])C([2H])(C)C([2H])([2H])[2H])C(OC(=O)[C@@H](N)C(C)C)C1([2H])[2H]. The van der Waals surface area contributed by atoms with Crippen molar-refractivity contribution in [3.05, 3.63) is 23.3 Å². The van der Waals surface area contributed by atoms with Crippen LogP contribution in [-0.2, 0) is 16.0 Å². The molecule has 0 radical (unpaired) electrons. The number of benzene rings is 1. The molecule has 1 aromatic carbocycles. The van der Waals surface area contributed by atoms with Gasteiger partial charge in [-0.3, -0.25) is 9.69 Å². The first-order valence-corrected chi connectivity index (χ1v) is 9.74. The predicted octanol–water partition coefficient (Wildman–Crippen LogP) is 3.56. The maximum absolute atomic E-state index is 13.2. The monoisotopic (exact) mass is 432 g/mol. The van der Waals surface area contributed by atoms with Crippen molar-refractivity contribution < 1.29 is 38.2 Å². The number of carbonyl (C=O) groups is 1. The number of hydrogen-bond acceptors (Lipinski definition) is 6. The first kappa shape index (κ1) is 10.7. The van der Waals surface area contributed by atoms with Gasteiger partial charge in [0, 0.05) is 46.4 Å². The standard InChI is InChI=1S/C24H38N2O4/c1-14(2)9-17-13-26-8-7-16-10-21(28-5)22(29-6)11-18(16)19(26)12-20(17)30-24(27)23(25)15(3)4/h10-11,14-15,17,19-20,23H,7-9,12-13,25H2,1-6H3/t17?,19?,20?,23-/m0/s1/i1D3,5D3,9D2,12D2,13D2,14D,17D/t14?,17?,19?,20?,23-. The van der Waals surface area contributed by atoms with E-state index in [0.29, 0.717) is 12.5 Å². The Morgan fingerprint density at radius 1 is 1.43 bits per heavy atom. The summed E-state index contributed by atoms with van der Waals surface area (Å²) >= 11 is 0. The molecule has 4 unspecified atom stereocenters. The minimum atomic E-state index is -3.69. The zero-order valence-electron chi connectivity index (χ0n) is 31.5. The van der Waals surface area contributed by atoms with Gasteiger partial charge in [0.15, 0.2) is 11.5 Å². The fourth-order valence-corrected chi connectivity index (χ4v) is 3.46. The van der Waals surface area contributed by atoms with E-state index >= 15 is 0 Å². The average molecular weight is 433 g/mol. The highest BCUT2D eigenvalue weighted by Gasteiger charge is 2.41. The molecule has 0 spiro atoms. The summed E-state index contributed by atoms with van der Waals surface area (Å²) in [7, 11) is -1.66. The quantitative estimate of drug-likeness (QED) is 0.664. The molecule has 2 heterocycles. The van der Waals surface area contributed by atoms with E-state index in [0.717, 1.165) is 4.90 Å². The number of nitrogens with two attached hydrogens (primary N) is 1. The van der Waals surface area contributed by atoms with Gasteiger partial charge in [-0.2, -0.15) is 0 Å². The molecular formula is C24H38N2O4. The van der Waals surface area contributed by atoms with Crippen LogP contribution in [0.15, 0.2) is 12.1 Å². The van der Waals surface area contributed by atoms with E-state index in [1.165, 1.54) is 19.2 Å². The van der Waals surface area contributed by atoms with E-state index in [1.54, 1.807) is 13.8 Å². The Bertz CT molecular complexity index is 1270. The number of piperidine rings is 1. The van der Waals surface area contributed by atoms with Crippen molar-refractivity contribution in [2.24, 2.45) is 23.4 Å². The fourth-order valence-electron chi connectivity index (χ4n) is 3.46. The van der Waals surface area contributed by atoms with Gasteiger partial charge in [0.2, 0.25) is 0 Å². The van der Waals surface area contributed by atoms with Gasteiger partial charge in [-0.05, 0) is 47.9 Å². The Kier molecular flexibility index (Phi) is 3.41. The van der Waals surface area contributed by atoms with Crippen LogP contribution in [0.1, 0.15) is 76.7 Å². The lowest BCUT2D eigenvalue weighted by molar-refractivity contribution is -0.160. The molecule has 168 valence electrons. The molecule has 1 aromatic rings. The van der Waals surface area contributed by atoms with Crippen LogP contribution in [0.25, 0.3) is 0 Å². The van der Waals surface area contributed by atoms with E-state index in [1.807, 2.05) is 0 Å². The zero-order chi connectivity index (χ0) is 34.2. The molecule has 1 saturated heterocycles. The van der Waals surface area contributed by atoms with Gasteiger partial charge >= 0.3 is 5.97 Å². The van der Waals surface area contributed by atoms with E-state index in [9.17, 15) is 8.91 Å². The first-order valence-electron chi connectivity index (χ1n) is 16.7. The summed E-state index contributed by atoms with van der Waals surface area (Å²) in [5, 5.41) is 0. The van der Waals surface area contributed by atoms with Crippen molar-refractivity contribution >= 4 is 5.97 Å². The smallest absolute Gasteiger partial charge is 0.323 e. The van der Waals surface area contributed by atoms with Gasteiger partial charge < -0.3 is 19.9 Å². The van der Waals surface area contributed by atoms with Crippen LogP contribution in [0.4, 0.5) is 0 Å². The lowest BCUT2D eigenvalue weighted by Crippen LogP contribution is -2.51. The normalized spacial score (nSPS) is 40.9. The second-order valence-corrected chi connectivity index (χ2v) is 7.68. The Balaban J connectivity index is 2.37. The molecule has 0 bridgehead atoms. The summed E-state index contributed by atoms with van der Waals surface area (Å²) in [5.74, 6) is -8.93. The van der Waals surface area contributed by atoms with Gasteiger partial charge in [0.05, 0.1) is 18.3 Å².